The Bertz CT molecular complexity index is 317. The number of nitrogens with zero attached hydrogens (tertiary/aromatic N) is 2. The lowest BCUT2D eigenvalue weighted by molar-refractivity contribution is 0.443. The normalized spacial score (nSPS) is 11.5. The molecule has 0 saturated heterocycles. The molecule has 0 saturated carbocycles. The van der Waals surface area contributed by atoms with Crippen LogP contribution >= 0.6 is 11.8 Å². The van der Waals surface area contributed by atoms with Crippen molar-refractivity contribution < 1.29 is 0 Å². The molecule has 90 valence electrons. The molecule has 1 rings (SSSR count). The van der Waals surface area contributed by atoms with E-state index in [1.165, 1.54) is 0 Å². The number of thioether (sulfide) groups is 1. The van der Waals surface area contributed by atoms with Crippen molar-refractivity contribution in [1.29, 1.82) is 0 Å². The SMILES string of the molecule is CCC(CC)(CN)Nc1cc(SC)ncn1. The molecule has 0 bridgehead atoms. The van der Waals surface area contributed by atoms with E-state index in [2.05, 4.69) is 29.1 Å². The van der Waals surface area contributed by atoms with Gasteiger partial charge in [-0.2, -0.15) is 0 Å². The Hall–Kier alpha value is -0.810. The van der Waals surface area contributed by atoms with Gasteiger partial charge in [0.25, 0.3) is 0 Å². The van der Waals surface area contributed by atoms with Crippen LogP contribution < -0.4 is 11.1 Å². The second-order valence-electron chi connectivity index (χ2n) is 3.76. The molecule has 0 fully saturated rings. The number of aromatic nitrogens is 2. The van der Waals surface area contributed by atoms with Crippen LogP contribution in [0.15, 0.2) is 17.4 Å². The van der Waals surface area contributed by atoms with Gasteiger partial charge in [-0.15, -0.1) is 11.8 Å². The predicted molar refractivity (Wildman–Crippen MR) is 69.8 cm³/mol. The molecular weight excluding hydrogens is 220 g/mol. The van der Waals surface area contributed by atoms with Gasteiger partial charge in [-0.3, -0.25) is 0 Å². The van der Waals surface area contributed by atoms with E-state index in [0.29, 0.717) is 6.54 Å². The smallest absolute Gasteiger partial charge is 0.130 e. The molecule has 16 heavy (non-hydrogen) atoms. The van der Waals surface area contributed by atoms with Crippen LogP contribution in [0.5, 0.6) is 0 Å². The summed E-state index contributed by atoms with van der Waals surface area (Å²) in [7, 11) is 0. The molecular formula is C11H20N4S. The summed E-state index contributed by atoms with van der Waals surface area (Å²) in [5, 5.41) is 4.39. The zero-order valence-electron chi connectivity index (χ0n) is 10.2. The number of anilines is 1. The molecule has 0 aliphatic carbocycles. The van der Waals surface area contributed by atoms with Gasteiger partial charge in [0.05, 0.1) is 5.54 Å². The highest BCUT2D eigenvalue weighted by Crippen LogP contribution is 2.21. The van der Waals surface area contributed by atoms with Crippen molar-refractivity contribution in [3.05, 3.63) is 12.4 Å². The van der Waals surface area contributed by atoms with Gasteiger partial charge >= 0.3 is 0 Å². The molecule has 0 atom stereocenters. The fourth-order valence-electron chi connectivity index (χ4n) is 1.56. The Kier molecular flexibility index (Phi) is 5.02. The van der Waals surface area contributed by atoms with Crippen LogP contribution in [0.4, 0.5) is 5.82 Å². The van der Waals surface area contributed by atoms with Crippen molar-refractivity contribution >= 4 is 17.6 Å². The van der Waals surface area contributed by atoms with Crippen LogP contribution in [-0.2, 0) is 0 Å². The van der Waals surface area contributed by atoms with Gasteiger partial charge < -0.3 is 11.1 Å². The van der Waals surface area contributed by atoms with Crippen LogP contribution in [0, 0.1) is 0 Å². The lowest BCUT2D eigenvalue weighted by Gasteiger charge is -2.32. The molecule has 0 unspecified atom stereocenters. The summed E-state index contributed by atoms with van der Waals surface area (Å²) in [6.45, 7) is 4.89. The minimum absolute atomic E-state index is 0.0516. The fourth-order valence-corrected chi connectivity index (χ4v) is 1.94. The van der Waals surface area contributed by atoms with E-state index in [9.17, 15) is 0 Å². The first-order valence-electron chi connectivity index (χ1n) is 5.54. The molecule has 0 aliphatic rings. The van der Waals surface area contributed by atoms with Gasteiger partial charge in [-0.1, -0.05) is 13.8 Å². The quantitative estimate of drug-likeness (QED) is 0.589. The molecule has 1 aromatic heterocycles. The van der Waals surface area contributed by atoms with E-state index in [0.717, 1.165) is 23.7 Å². The molecule has 4 nitrogen and oxygen atoms in total. The van der Waals surface area contributed by atoms with Crippen molar-refractivity contribution in [3.8, 4) is 0 Å². The Balaban J connectivity index is 2.84. The van der Waals surface area contributed by atoms with Gasteiger partial charge in [0.2, 0.25) is 0 Å². The van der Waals surface area contributed by atoms with Gasteiger partial charge in [0, 0.05) is 12.6 Å². The minimum atomic E-state index is -0.0516. The average Bonchev–Trinajstić information content (AvgIpc) is 2.36. The van der Waals surface area contributed by atoms with Crippen molar-refractivity contribution in [2.75, 3.05) is 18.1 Å². The summed E-state index contributed by atoms with van der Waals surface area (Å²) in [6, 6.07) is 1.96. The van der Waals surface area contributed by atoms with Crippen molar-refractivity contribution in [3.63, 3.8) is 0 Å². The number of nitrogens with one attached hydrogen (secondary N) is 1. The topological polar surface area (TPSA) is 63.8 Å². The lowest BCUT2D eigenvalue weighted by Crippen LogP contribution is -2.44. The maximum absolute atomic E-state index is 5.84. The number of hydrogen-bond acceptors (Lipinski definition) is 5. The van der Waals surface area contributed by atoms with Gasteiger partial charge in [0.15, 0.2) is 0 Å². The molecule has 0 radical (unpaired) electrons. The summed E-state index contributed by atoms with van der Waals surface area (Å²) in [5.74, 6) is 0.855. The van der Waals surface area contributed by atoms with E-state index >= 15 is 0 Å². The highest BCUT2D eigenvalue weighted by Gasteiger charge is 2.24. The van der Waals surface area contributed by atoms with Crippen molar-refractivity contribution in [2.45, 2.75) is 37.3 Å². The zero-order chi connectivity index (χ0) is 12.0. The van der Waals surface area contributed by atoms with Gasteiger partial charge in [-0.25, -0.2) is 9.97 Å². The fraction of sp³-hybridized carbons (Fsp3) is 0.636. The Labute approximate surface area is 101 Å². The first-order valence-corrected chi connectivity index (χ1v) is 6.76. The number of nitrogens with two attached hydrogens (primary N) is 1. The summed E-state index contributed by atoms with van der Waals surface area (Å²) in [4.78, 5) is 8.37. The van der Waals surface area contributed by atoms with E-state index in [-0.39, 0.29) is 5.54 Å². The summed E-state index contributed by atoms with van der Waals surface area (Å²) in [6.07, 6.45) is 5.56. The third-order valence-electron chi connectivity index (χ3n) is 2.99. The van der Waals surface area contributed by atoms with E-state index in [1.54, 1.807) is 18.1 Å². The molecule has 0 amide bonds. The maximum Gasteiger partial charge on any atom is 0.130 e. The summed E-state index contributed by atoms with van der Waals surface area (Å²) in [5.41, 5.74) is 5.78. The third-order valence-corrected chi connectivity index (χ3v) is 3.63. The second-order valence-corrected chi connectivity index (χ2v) is 4.59. The minimum Gasteiger partial charge on any atom is -0.363 e. The van der Waals surface area contributed by atoms with E-state index in [1.807, 2.05) is 12.3 Å². The van der Waals surface area contributed by atoms with E-state index in [4.69, 9.17) is 5.73 Å². The van der Waals surface area contributed by atoms with Crippen molar-refractivity contribution in [2.24, 2.45) is 5.73 Å². The molecule has 1 heterocycles. The lowest BCUT2D eigenvalue weighted by atomic mass is 9.93. The van der Waals surface area contributed by atoms with Crippen LogP contribution in [0.2, 0.25) is 0 Å². The van der Waals surface area contributed by atoms with Crippen LogP contribution in [0.3, 0.4) is 0 Å². The van der Waals surface area contributed by atoms with Crippen molar-refractivity contribution in [1.82, 2.24) is 9.97 Å². The number of rotatable bonds is 6. The predicted octanol–water partition coefficient (Wildman–Crippen LogP) is 2.13. The van der Waals surface area contributed by atoms with Crippen LogP contribution in [0.25, 0.3) is 0 Å². The highest BCUT2D eigenvalue weighted by atomic mass is 32.2. The molecule has 0 aliphatic heterocycles. The Morgan fingerprint density at radius 3 is 2.56 bits per heavy atom. The Morgan fingerprint density at radius 1 is 1.38 bits per heavy atom. The highest BCUT2D eigenvalue weighted by molar-refractivity contribution is 7.98. The monoisotopic (exact) mass is 240 g/mol. The van der Waals surface area contributed by atoms with E-state index < -0.39 is 0 Å². The standard InChI is InChI=1S/C11H20N4S/c1-4-11(5-2,7-12)15-9-6-10(16-3)14-8-13-9/h6,8H,4-5,7,12H2,1-3H3,(H,13,14,15). The first-order chi connectivity index (χ1) is 7.69. The zero-order valence-corrected chi connectivity index (χ0v) is 11.0. The largest absolute Gasteiger partial charge is 0.363 e. The maximum atomic E-state index is 5.84. The summed E-state index contributed by atoms with van der Waals surface area (Å²) >= 11 is 1.61. The third kappa shape index (κ3) is 3.09. The molecule has 5 heteroatoms. The van der Waals surface area contributed by atoms with Gasteiger partial charge in [-0.05, 0) is 19.1 Å². The molecule has 0 aromatic carbocycles. The van der Waals surface area contributed by atoms with Gasteiger partial charge in [0.1, 0.15) is 17.2 Å². The molecule has 1 aromatic rings. The number of hydrogen-bond donors (Lipinski definition) is 2. The van der Waals surface area contributed by atoms with Crippen LogP contribution in [0.1, 0.15) is 26.7 Å². The Morgan fingerprint density at radius 2 is 2.06 bits per heavy atom. The van der Waals surface area contributed by atoms with Crippen LogP contribution in [-0.4, -0.2) is 28.3 Å². The second kappa shape index (κ2) is 6.06. The first kappa shape index (κ1) is 13.3. The summed E-state index contributed by atoms with van der Waals surface area (Å²) < 4.78 is 0. The molecule has 3 N–H and O–H groups in total. The molecule has 0 spiro atoms. The average molecular weight is 240 g/mol.